The van der Waals surface area contributed by atoms with Gasteiger partial charge in [0.2, 0.25) is 0 Å². The Morgan fingerprint density at radius 2 is 2.00 bits per heavy atom. The van der Waals surface area contributed by atoms with E-state index in [0.29, 0.717) is 17.6 Å². The quantitative estimate of drug-likeness (QED) is 0.790. The van der Waals surface area contributed by atoms with Crippen LogP contribution in [0.5, 0.6) is 0 Å². The summed E-state index contributed by atoms with van der Waals surface area (Å²) in [5.74, 6) is 0. The largest absolute Gasteiger partial charge is 0.305 e. The second-order valence-electron chi connectivity index (χ2n) is 3.79. The fourth-order valence-electron chi connectivity index (χ4n) is 1.60. The highest BCUT2D eigenvalue weighted by Crippen LogP contribution is 2.20. The van der Waals surface area contributed by atoms with Gasteiger partial charge in [0.1, 0.15) is 0 Å². The maximum Gasteiger partial charge on any atom is 0.0406 e. The average molecular weight is 258 g/mol. The van der Waals surface area contributed by atoms with Crippen LogP contribution in [0.2, 0.25) is 5.02 Å². The molecule has 1 aromatic carbocycles. The van der Waals surface area contributed by atoms with Crippen LogP contribution in [0.25, 0.3) is 0 Å². The molecule has 0 aliphatic carbocycles. The zero-order valence-electron chi connectivity index (χ0n) is 9.47. The van der Waals surface area contributed by atoms with Gasteiger partial charge in [-0.1, -0.05) is 55.3 Å². The van der Waals surface area contributed by atoms with Crippen molar-refractivity contribution in [2.75, 3.05) is 6.54 Å². The highest BCUT2D eigenvalue weighted by Gasteiger charge is 2.09. The number of halogens is 2. The Morgan fingerprint density at radius 3 is 2.50 bits per heavy atom. The van der Waals surface area contributed by atoms with Crippen LogP contribution in [0.1, 0.15) is 31.4 Å². The third kappa shape index (κ3) is 4.56. The van der Waals surface area contributed by atoms with E-state index in [1.165, 1.54) is 5.56 Å². The molecule has 0 fully saturated rings. The molecule has 1 N–H and O–H groups in total. The molecule has 0 saturated carbocycles. The third-order valence-corrected chi connectivity index (χ3v) is 2.78. The lowest BCUT2D eigenvalue weighted by Crippen LogP contribution is -2.22. The first-order valence-electron chi connectivity index (χ1n) is 5.45. The fourth-order valence-corrected chi connectivity index (χ4v) is 1.81. The van der Waals surface area contributed by atoms with Gasteiger partial charge < -0.3 is 5.32 Å². The van der Waals surface area contributed by atoms with Gasteiger partial charge in [-0.15, -0.1) is 0 Å². The summed E-state index contributed by atoms with van der Waals surface area (Å²) in [6.45, 7) is 6.48. The van der Waals surface area contributed by atoms with Crippen molar-refractivity contribution in [2.24, 2.45) is 0 Å². The molecule has 0 spiro atoms. The Labute approximate surface area is 107 Å². The van der Waals surface area contributed by atoms with E-state index in [-0.39, 0.29) is 0 Å². The summed E-state index contributed by atoms with van der Waals surface area (Å²) in [6, 6.07) is 8.24. The van der Waals surface area contributed by atoms with Crippen LogP contribution in [-0.2, 0) is 0 Å². The van der Waals surface area contributed by atoms with Crippen LogP contribution < -0.4 is 5.32 Å². The standard InChI is InChI=1S/C13H17Cl2N/c1-3-4-13(16-9-10(2)14)11-5-7-12(15)8-6-11/h5-8,13,16H,2-4,9H2,1H3. The normalized spacial score (nSPS) is 12.4. The van der Waals surface area contributed by atoms with Gasteiger partial charge in [-0.3, -0.25) is 0 Å². The molecular weight excluding hydrogens is 241 g/mol. The molecule has 1 atom stereocenters. The minimum Gasteiger partial charge on any atom is -0.305 e. The van der Waals surface area contributed by atoms with Crippen LogP contribution >= 0.6 is 23.2 Å². The van der Waals surface area contributed by atoms with Gasteiger partial charge in [0.05, 0.1) is 0 Å². The molecule has 88 valence electrons. The van der Waals surface area contributed by atoms with Crippen molar-refractivity contribution in [3.05, 3.63) is 46.5 Å². The minimum absolute atomic E-state index is 0.317. The molecule has 1 aromatic rings. The van der Waals surface area contributed by atoms with Gasteiger partial charge in [0.15, 0.2) is 0 Å². The number of rotatable bonds is 6. The third-order valence-electron chi connectivity index (χ3n) is 2.39. The summed E-state index contributed by atoms with van der Waals surface area (Å²) in [5.41, 5.74) is 1.24. The maximum atomic E-state index is 5.87. The Balaban J connectivity index is 2.68. The smallest absolute Gasteiger partial charge is 0.0406 e. The molecule has 0 radical (unpaired) electrons. The van der Waals surface area contributed by atoms with Crippen molar-refractivity contribution in [1.82, 2.24) is 5.32 Å². The monoisotopic (exact) mass is 257 g/mol. The summed E-state index contributed by atoms with van der Waals surface area (Å²) in [6.07, 6.45) is 2.20. The van der Waals surface area contributed by atoms with Crippen molar-refractivity contribution in [3.8, 4) is 0 Å². The number of nitrogens with one attached hydrogen (secondary N) is 1. The van der Waals surface area contributed by atoms with E-state index in [2.05, 4.69) is 18.8 Å². The first-order valence-corrected chi connectivity index (χ1v) is 6.21. The summed E-state index contributed by atoms with van der Waals surface area (Å²) < 4.78 is 0. The van der Waals surface area contributed by atoms with Crippen molar-refractivity contribution < 1.29 is 0 Å². The summed E-state index contributed by atoms with van der Waals surface area (Å²) in [4.78, 5) is 0. The average Bonchev–Trinajstić information content (AvgIpc) is 2.25. The number of hydrogen-bond donors (Lipinski definition) is 1. The Bertz CT molecular complexity index is 332. The predicted molar refractivity (Wildman–Crippen MR) is 72.1 cm³/mol. The lowest BCUT2D eigenvalue weighted by atomic mass is 10.0. The van der Waals surface area contributed by atoms with Gasteiger partial charge in [0, 0.05) is 22.6 Å². The van der Waals surface area contributed by atoms with Crippen LogP contribution in [0.3, 0.4) is 0 Å². The van der Waals surface area contributed by atoms with E-state index in [1.54, 1.807) is 0 Å². The lowest BCUT2D eigenvalue weighted by Gasteiger charge is -2.18. The molecule has 0 aliphatic heterocycles. The topological polar surface area (TPSA) is 12.0 Å². The summed E-state index contributed by atoms with van der Waals surface area (Å²) >= 11 is 11.6. The summed E-state index contributed by atoms with van der Waals surface area (Å²) in [5, 5.41) is 4.78. The molecule has 0 aromatic heterocycles. The Hall–Kier alpha value is -0.500. The molecular formula is C13H17Cl2N. The van der Waals surface area contributed by atoms with Crippen LogP contribution in [0.4, 0.5) is 0 Å². The van der Waals surface area contributed by atoms with E-state index in [4.69, 9.17) is 23.2 Å². The second-order valence-corrected chi connectivity index (χ2v) is 4.76. The van der Waals surface area contributed by atoms with Crippen molar-refractivity contribution in [2.45, 2.75) is 25.8 Å². The van der Waals surface area contributed by atoms with Gasteiger partial charge in [0.25, 0.3) is 0 Å². The van der Waals surface area contributed by atoms with Crippen LogP contribution in [0.15, 0.2) is 35.9 Å². The molecule has 1 nitrogen and oxygen atoms in total. The van der Waals surface area contributed by atoms with Crippen LogP contribution in [0, 0.1) is 0 Å². The highest BCUT2D eigenvalue weighted by atomic mass is 35.5. The second kappa shape index (κ2) is 6.95. The molecule has 3 heteroatoms. The molecule has 1 rings (SSSR count). The maximum absolute atomic E-state index is 5.87. The number of benzene rings is 1. The highest BCUT2D eigenvalue weighted by molar-refractivity contribution is 6.30. The molecule has 0 heterocycles. The molecule has 0 saturated heterocycles. The van der Waals surface area contributed by atoms with E-state index < -0.39 is 0 Å². The predicted octanol–water partition coefficient (Wildman–Crippen LogP) is 4.52. The Kier molecular flexibility index (Phi) is 5.89. The first kappa shape index (κ1) is 13.6. The summed E-state index contributed by atoms with van der Waals surface area (Å²) in [7, 11) is 0. The fraction of sp³-hybridized carbons (Fsp3) is 0.385. The van der Waals surface area contributed by atoms with E-state index in [1.807, 2.05) is 24.3 Å². The zero-order chi connectivity index (χ0) is 12.0. The molecule has 0 amide bonds. The molecule has 16 heavy (non-hydrogen) atoms. The van der Waals surface area contributed by atoms with Crippen molar-refractivity contribution in [3.63, 3.8) is 0 Å². The van der Waals surface area contributed by atoms with Gasteiger partial charge in [-0.25, -0.2) is 0 Å². The zero-order valence-corrected chi connectivity index (χ0v) is 11.0. The van der Waals surface area contributed by atoms with Gasteiger partial charge in [-0.2, -0.15) is 0 Å². The minimum atomic E-state index is 0.317. The molecule has 0 bridgehead atoms. The van der Waals surface area contributed by atoms with E-state index in [9.17, 15) is 0 Å². The van der Waals surface area contributed by atoms with Crippen molar-refractivity contribution >= 4 is 23.2 Å². The van der Waals surface area contributed by atoms with E-state index >= 15 is 0 Å². The first-order chi connectivity index (χ1) is 7.63. The number of hydrogen-bond acceptors (Lipinski definition) is 1. The molecule has 1 unspecified atom stereocenters. The Morgan fingerprint density at radius 1 is 1.38 bits per heavy atom. The molecule has 0 aliphatic rings. The van der Waals surface area contributed by atoms with E-state index in [0.717, 1.165) is 17.9 Å². The van der Waals surface area contributed by atoms with Crippen LogP contribution in [-0.4, -0.2) is 6.54 Å². The van der Waals surface area contributed by atoms with Gasteiger partial charge in [-0.05, 0) is 24.1 Å². The van der Waals surface area contributed by atoms with Crippen molar-refractivity contribution in [1.29, 1.82) is 0 Å². The van der Waals surface area contributed by atoms with Gasteiger partial charge >= 0.3 is 0 Å². The SMILES string of the molecule is C=C(Cl)CNC(CCC)c1ccc(Cl)cc1. The lowest BCUT2D eigenvalue weighted by molar-refractivity contribution is 0.519.